The van der Waals surface area contributed by atoms with Gasteiger partial charge in [0.05, 0.1) is 17.6 Å². The van der Waals surface area contributed by atoms with Gasteiger partial charge in [-0.2, -0.15) is 0 Å². The van der Waals surface area contributed by atoms with Crippen molar-refractivity contribution in [2.24, 2.45) is 4.99 Å². The first-order chi connectivity index (χ1) is 8.18. The molecule has 0 aliphatic carbocycles. The Morgan fingerprint density at radius 2 is 1.78 bits per heavy atom. The summed E-state index contributed by atoms with van der Waals surface area (Å²) in [5.74, 6) is 0. The van der Waals surface area contributed by atoms with Crippen LogP contribution in [0.15, 0.2) is 41.8 Å². The van der Waals surface area contributed by atoms with Crippen LogP contribution in [0.25, 0.3) is 0 Å². The van der Waals surface area contributed by atoms with Crippen LogP contribution in [0, 0.1) is 13.8 Å². The normalized spacial score (nSPS) is 10.9. The first kappa shape index (κ1) is 14.5. The van der Waals surface area contributed by atoms with Gasteiger partial charge in [0.15, 0.2) is 0 Å². The van der Waals surface area contributed by atoms with Gasteiger partial charge in [-0.3, -0.25) is 15.0 Å². The molecule has 1 heterocycles. The van der Waals surface area contributed by atoms with Crippen LogP contribution in [-0.4, -0.2) is 15.7 Å². The Labute approximate surface area is 117 Å². The van der Waals surface area contributed by atoms with E-state index < -0.39 is 0 Å². The first-order valence-corrected chi connectivity index (χ1v) is 5.56. The molecule has 0 N–H and O–H groups in total. The van der Waals surface area contributed by atoms with E-state index in [1.165, 1.54) is 11.1 Å². The third-order valence-corrected chi connectivity index (χ3v) is 2.65. The number of para-hydroxylation sites is 1. The van der Waals surface area contributed by atoms with Crippen LogP contribution in [-0.2, 0) is 16.5 Å². The molecule has 4 heteroatoms. The van der Waals surface area contributed by atoms with E-state index in [0.717, 1.165) is 17.1 Å². The summed E-state index contributed by atoms with van der Waals surface area (Å²) in [7, 11) is 0. The summed E-state index contributed by atoms with van der Waals surface area (Å²) >= 11 is 0. The Hall–Kier alpha value is -1.54. The third kappa shape index (κ3) is 3.24. The number of aromatic nitrogens is 2. The van der Waals surface area contributed by atoms with Gasteiger partial charge in [0.2, 0.25) is 0 Å². The van der Waals surface area contributed by atoms with Crippen molar-refractivity contribution < 1.29 is 16.5 Å². The predicted molar refractivity (Wildman–Crippen MR) is 69.8 cm³/mol. The maximum absolute atomic E-state index is 4.64. The van der Waals surface area contributed by atoms with E-state index in [0.29, 0.717) is 0 Å². The first-order valence-electron chi connectivity index (χ1n) is 5.56. The maximum atomic E-state index is 4.64. The van der Waals surface area contributed by atoms with Crippen molar-refractivity contribution in [1.29, 1.82) is 0 Å². The monoisotopic (exact) mass is 283 g/mol. The van der Waals surface area contributed by atoms with Gasteiger partial charge in [-0.25, -0.2) is 0 Å². The molecule has 0 bridgehead atoms. The molecule has 18 heavy (non-hydrogen) atoms. The number of nitrogens with zero attached hydrogens (tertiary/aromatic N) is 3. The standard InChI is InChI=1S/C14H15N3.Ni/c1-10-5-4-6-11(2)14(10)17-12(3)13-9-15-7-8-16-13;/h4-9H,1-3H3;/q;+2. The van der Waals surface area contributed by atoms with Gasteiger partial charge >= 0.3 is 16.5 Å². The van der Waals surface area contributed by atoms with Crippen LogP contribution in [0.5, 0.6) is 0 Å². The summed E-state index contributed by atoms with van der Waals surface area (Å²) < 4.78 is 0. The van der Waals surface area contributed by atoms with Crippen LogP contribution in [0.2, 0.25) is 0 Å². The fourth-order valence-electron chi connectivity index (χ4n) is 1.69. The SMILES string of the molecule is CC(=Nc1c(C)cccc1C)c1cnccn1.[Ni+2]. The zero-order chi connectivity index (χ0) is 12.3. The number of benzene rings is 1. The molecule has 3 nitrogen and oxygen atoms in total. The smallest absolute Gasteiger partial charge is 0.261 e. The molecule has 2 aromatic rings. The zero-order valence-electron chi connectivity index (χ0n) is 10.6. The Bertz CT molecular complexity index is 530. The Kier molecular flexibility index (Phi) is 5.17. The van der Waals surface area contributed by atoms with Crippen molar-refractivity contribution in [1.82, 2.24) is 9.97 Å². The van der Waals surface area contributed by atoms with Crippen molar-refractivity contribution in [2.75, 3.05) is 0 Å². The second-order valence-corrected chi connectivity index (χ2v) is 4.03. The molecule has 0 aliphatic heterocycles. The second-order valence-electron chi connectivity index (χ2n) is 4.03. The third-order valence-electron chi connectivity index (χ3n) is 2.65. The molecule has 0 amide bonds. The van der Waals surface area contributed by atoms with Crippen molar-refractivity contribution in [2.45, 2.75) is 20.8 Å². The molecule has 0 saturated heterocycles. The molecule has 1 aromatic carbocycles. The van der Waals surface area contributed by atoms with E-state index in [4.69, 9.17) is 0 Å². The van der Waals surface area contributed by atoms with Crippen LogP contribution < -0.4 is 0 Å². The van der Waals surface area contributed by atoms with E-state index in [2.05, 4.69) is 40.9 Å². The molecule has 0 aliphatic rings. The molecule has 0 radical (unpaired) electrons. The van der Waals surface area contributed by atoms with Gasteiger partial charge in [0.25, 0.3) is 0 Å². The minimum Gasteiger partial charge on any atom is -0.261 e. The van der Waals surface area contributed by atoms with Crippen LogP contribution in [0.4, 0.5) is 5.69 Å². The average Bonchev–Trinajstić information content (AvgIpc) is 2.35. The molecular weight excluding hydrogens is 269 g/mol. The van der Waals surface area contributed by atoms with Gasteiger partial charge < -0.3 is 0 Å². The van der Waals surface area contributed by atoms with E-state index in [-0.39, 0.29) is 16.5 Å². The topological polar surface area (TPSA) is 38.1 Å². The molecule has 0 saturated carbocycles. The summed E-state index contributed by atoms with van der Waals surface area (Å²) in [6, 6.07) is 6.17. The van der Waals surface area contributed by atoms with Gasteiger partial charge in [-0.1, -0.05) is 18.2 Å². The molecule has 0 spiro atoms. The number of aryl methyl sites for hydroxylation is 2. The van der Waals surface area contributed by atoms with Gasteiger partial charge in [-0.05, 0) is 31.9 Å². The van der Waals surface area contributed by atoms with E-state index in [1.807, 2.05) is 13.0 Å². The van der Waals surface area contributed by atoms with Crippen LogP contribution in [0.1, 0.15) is 23.7 Å². The number of rotatable bonds is 2. The maximum Gasteiger partial charge on any atom is 2.00 e. The predicted octanol–water partition coefficient (Wildman–Crippen LogP) is 3.23. The number of hydrogen-bond acceptors (Lipinski definition) is 3. The summed E-state index contributed by atoms with van der Waals surface area (Å²) in [6.07, 6.45) is 5.07. The molecule has 0 fully saturated rings. The van der Waals surface area contributed by atoms with E-state index in [1.54, 1.807) is 18.6 Å². The fraction of sp³-hybridized carbons (Fsp3) is 0.214. The quantitative estimate of drug-likeness (QED) is 0.627. The molecule has 0 unspecified atom stereocenters. The number of hydrogen-bond donors (Lipinski definition) is 0. The Balaban J connectivity index is 0.00000162. The summed E-state index contributed by atoms with van der Waals surface area (Å²) in [5, 5.41) is 0. The zero-order valence-corrected chi connectivity index (χ0v) is 11.6. The summed E-state index contributed by atoms with van der Waals surface area (Å²) in [4.78, 5) is 12.9. The van der Waals surface area contributed by atoms with Crippen molar-refractivity contribution in [3.05, 3.63) is 53.6 Å². The van der Waals surface area contributed by atoms with E-state index in [9.17, 15) is 0 Å². The van der Waals surface area contributed by atoms with Crippen LogP contribution in [0.3, 0.4) is 0 Å². The van der Waals surface area contributed by atoms with Gasteiger partial charge in [0, 0.05) is 12.4 Å². The number of aliphatic imine (C=N–C) groups is 1. The summed E-state index contributed by atoms with van der Waals surface area (Å²) in [5.41, 5.74) is 5.07. The second kappa shape index (κ2) is 6.41. The van der Waals surface area contributed by atoms with Crippen molar-refractivity contribution >= 4 is 11.4 Å². The Morgan fingerprint density at radius 3 is 2.33 bits per heavy atom. The average molecular weight is 284 g/mol. The molecule has 2 rings (SSSR count). The molecule has 0 atom stereocenters. The van der Waals surface area contributed by atoms with Crippen LogP contribution >= 0.6 is 0 Å². The molecule has 94 valence electrons. The molecule has 1 aromatic heterocycles. The fourth-order valence-corrected chi connectivity index (χ4v) is 1.69. The van der Waals surface area contributed by atoms with Gasteiger partial charge in [-0.15, -0.1) is 0 Å². The molecular formula is C14H15N3Ni+2. The van der Waals surface area contributed by atoms with E-state index >= 15 is 0 Å². The van der Waals surface area contributed by atoms with Crippen molar-refractivity contribution in [3.63, 3.8) is 0 Å². The van der Waals surface area contributed by atoms with Gasteiger partial charge in [0.1, 0.15) is 5.69 Å². The summed E-state index contributed by atoms with van der Waals surface area (Å²) in [6.45, 7) is 6.08. The minimum atomic E-state index is 0. The largest absolute Gasteiger partial charge is 2.00 e. The van der Waals surface area contributed by atoms with Crippen molar-refractivity contribution in [3.8, 4) is 0 Å². The Morgan fingerprint density at radius 1 is 1.11 bits per heavy atom. The minimum absolute atomic E-state index is 0.